The average Bonchev–Trinajstić information content (AvgIpc) is 2.11. The van der Waals surface area contributed by atoms with Gasteiger partial charge in [0.05, 0.1) is 7.85 Å². The lowest BCUT2D eigenvalue weighted by Gasteiger charge is -2.26. The fraction of sp³-hybridized carbons (Fsp3) is 1.00. The minimum Gasteiger partial charge on any atom is -0.312 e. The zero-order chi connectivity index (χ0) is 8.65. The minimum absolute atomic E-state index is 0.291. The topological polar surface area (TPSA) is 3.24 Å². The summed E-state index contributed by atoms with van der Waals surface area (Å²) in [7, 11) is 8.00. The second-order valence-electron chi connectivity index (χ2n) is 4.81. The summed E-state index contributed by atoms with van der Waals surface area (Å²) in [5, 5.41) is 0. The molecule has 1 rings (SSSR count). The molecule has 0 aromatic carbocycles. The number of likely N-dealkylation sites (tertiary alicyclic amines) is 1. The molecule has 11 heavy (non-hydrogen) atoms. The van der Waals surface area contributed by atoms with E-state index in [4.69, 9.17) is 7.85 Å². The van der Waals surface area contributed by atoms with E-state index >= 15 is 0 Å². The fourth-order valence-electron chi connectivity index (χ4n) is 1.66. The molecule has 1 aliphatic rings. The Morgan fingerprint density at radius 3 is 2.09 bits per heavy atom. The van der Waals surface area contributed by atoms with Gasteiger partial charge in [0.25, 0.3) is 0 Å². The summed E-state index contributed by atoms with van der Waals surface area (Å²) < 4.78 is 0. The molecule has 2 atom stereocenters. The van der Waals surface area contributed by atoms with E-state index in [9.17, 15) is 0 Å². The first-order valence-electron chi connectivity index (χ1n) is 4.37. The van der Waals surface area contributed by atoms with Gasteiger partial charge in [0.15, 0.2) is 0 Å². The molecule has 0 spiro atoms. The largest absolute Gasteiger partial charge is 0.312 e. The molecule has 1 fully saturated rings. The van der Waals surface area contributed by atoms with Crippen molar-refractivity contribution >= 4 is 7.85 Å². The third-order valence-corrected chi connectivity index (χ3v) is 2.83. The van der Waals surface area contributed by atoms with Crippen molar-refractivity contribution in [2.75, 3.05) is 13.6 Å². The van der Waals surface area contributed by atoms with E-state index in [1.54, 1.807) is 0 Å². The Balaban J connectivity index is 2.54. The molecule has 1 heterocycles. The molecular weight excluding hydrogens is 133 g/mol. The van der Waals surface area contributed by atoms with Gasteiger partial charge in [0.2, 0.25) is 0 Å². The summed E-state index contributed by atoms with van der Waals surface area (Å²) in [5.74, 6) is 1.06. The molecule has 2 unspecified atom stereocenters. The van der Waals surface area contributed by atoms with Crippen molar-refractivity contribution in [2.24, 2.45) is 11.3 Å². The Morgan fingerprint density at radius 2 is 1.91 bits per heavy atom. The molecule has 0 bridgehead atoms. The van der Waals surface area contributed by atoms with Crippen LogP contribution in [0.25, 0.3) is 0 Å². The maximum Gasteiger partial charge on any atom is 0.0910 e. The first kappa shape index (κ1) is 9.12. The molecule has 0 aromatic rings. The molecule has 2 heteroatoms. The Kier molecular flexibility index (Phi) is 2.33. The van der Waals surface area contributed by atoms with E-state index in [1.807, 2.05) is 0 Å². The van der Waals surface area contributed by atoms with Crippen molar-refractivity contribution in [1.82, 2.24) is 4.90 Å². The number of hydrogen-bond donors (Lipinski definition) is 0. The predicted molar refractivity (Wildman–Crippen MR) is 49.7 cm³/mol. The molecule has 0 aromatic heterocycles. The van der Waals surface area contributed by atoms with Gasteiger partial charge in [-0.05, 0) is 30.7 Å². The van der Waals surface area contributed by atoms with Gasteiger partial charge >= 0.3 is 0 Å². The highest BCUT2D eigenvalue weighted by atomic mass is 15.1. The van der Waals surface area contributed by atoms with Crippen molar-refractivity contribution in [3.63, 3.8) is 0 Å². The molecule has 2 radical (unpaired) electrons. The van der Waals surface area contributed by atoms with Gasteiger partial charge in [0.1, 0.15) is 0 Å². The number of hydrogen-bond acceptors (Lipinski definition) is 1. The average molecular weight is 151 g/mol. The van der Waals surface area contributed by atoms with Crippen molar-refractivity contribution in [3.05, 3.63) is 0 Å². The van der Waals surface area contributed by atoms with E-state index in [2.05, 4.69) is 32.7 Å². The zero-order valence-electron chi connectivity index (χ0n) is 8.09. The highest BCUT2D eigenvalue weighted by molar-refractivity contribution is 6.11. The first-order valence-corrected chi connectivity index (χ1v) is 4.37. The normalized spacial score (nSPS) is 34.5. The van der Waals surface area contributed by atoms with Gasteiger partial charge in [-0.25, -0.2) is 0 Å². The molecule has 62 valence electrons. The Bertz CT molecular complexity index is 129. The fourth-order valence-corrected chi connectivity index (χ4v) is 1.66. The summed E-state index contributed by atoms with van der Waals surface area (Å²) in [5.41, 5.74) is 0.419. The third-order valence-electron chi connectivity index (χ3n) is 2.83. The van der Waals surface area contributed by atoms with Crippen LogP contribution in [0.4, 0.5) is 0 Å². The van der Waals surface area contributed by atoms with Crippen LogP contribution in [0.5, 0.6) is 0 Å². The lowest BCUT2D eigenvalue weighted by atomic mass is 9.77. The molecule has 0 saturated carbocycles. The van der Waals surface area contributed by atoms with Crippen LogP contribution in [0.1, 0.15) is 27.2 Å². The smallest absolute Gasteiger partial charge is 0.0910 e. The van der Waals surface area contributed by atoms with Crippen LogP contribution in [0.15, 0.2) is 0 Å². The van der Waals surface area contributed by atoms with Gasteiger partial charge in [-0.2, -0.15) is 0 Å². The highest BCUT2D eigenvalue weighted by Crippen LogP contribution is 2.34. The van der Waals surface area contributed by atoms with Crippen LogP contribution in [0.2, 0.25) is 0 Å². The summed E-state index contributed by atoms with van der Waals surface area (Å²) in [4.78, 5) is 2.25. The zero-order valence-corrected chi connectivity index (χ0v) is 8.09. The second kappa shape index (κ2) is 2.82. The summed E-state index contributed by atoms with van der Waals surface area (Å²) in [6, 6.07) is 0. The second-order valence-corrected chi connectivity index (χ2v) is 4.81. The van der Waals surface area contributed by atoms with Gasteiger partial charge in [-0.1, -0.05) is 20.8 Å². The Hall–Kier alpha value is 0.0249. The van der Waals surface area contributed by atoms with E-state index in [1.165, 1.54) is 0 Å². The van der Waals surface area contributed by atoms with Crippen LogP contribution < -0.4 is 0 Å². The quantitative estimate of drug-likeness (QED) is 0.474. The van der Waals surface area contributed by atoms with Gasteiger partial charge in [-0.15, -0.1) is 0 Å². The summed E-state index contributed by atoms with van der Waals surface area (Å²) in [6.07, 6.45) is 1.15. The molecule has 1 aliphatic heterocycles. The minimum atomic E-state index is 0.291. The number of rotatable bonds is 0. The van der Waals surface area contributed by atoms with Gasteiger partial charge in [0, 0.05) is 6.54 Å². The Labute approximate surface area is 71.6 Å². The Morgan fingerprint density at radius 1 is 1.36 bits per heavy atom. The molecule has 0 aliphatic carbocycles. The molecule has 0 amide bonds. The lowest BCUT2D eigenvalue weighted by molar-refractivity contribution is 0.241. The van der Waals surface area contributed by atoms with Crippen molar-refractivity contribution in [3.8, 4) is 0 Å². The third kappa shape index (κ3) is 1.99. The van der Waals surface area contributed by atoms with Gasteiger partial charge in [-0.3, -0.25) is 0 Å². The van der Waals surface area contributed by atoms with E-state index < -0.39 is 0 Å². The lowest BCUT2D eigenvalue weighted by Crippen LogP contribution is -2.26. The SMILES string of the molecule is [B]C1CC(C(C)(C)C)CN1C. The van der Waals surface area contributed by atoms with Crippen molar-refractivity contribution in [1.29, 1.82) is 0 Å². The van der Waals surface area contributed by atoms with Crippen LogP contribution in [0, 0.1) is 11.3 Å². The van der Waals surface area contributed by atoms with Crippen LogP contribution >= 0.6 is 0 Å². The first-order chi connectivity index (χ1) is 4.91. The van der Waals surface area contributed by atoms with Crippen molar-refractivity contribution in [2.45, 2.75) is 33.1 Å². The summed E-state index contributed by atoms with van der Waals surface area (Å²) >= 11 is 0. The predicted octanol–water partition coefficient (Wildman–Crippen LogP) is 1.48. The van der Waals surface area contributed by atoms with E-state index in [0.29, 0.717) is 11.4 Å². The van der Waals surface area contributed by atoms with E-state index in [0.717, 1.165) is 18.9 Å². The molecule has 1 nitrogen and oxygen atoms in total. The number of nitrogens with zero attached hydrogens (tertiary/aromatic N) is 1. The van der Waals surface area contributed by atoms with Gasteiger partial charge < -0.3 is 4.90 Å². The van der Waals surface area contributed by atoms with Crippen LogP contribution in [0.3, 0.4) is 0 Å². The molecular formula is C9H18BN. The van der Waals surface area contributed by atoms with Crippen LogP contribution in [-0.4, -0.2) is 32.3 Å². The molecule has 0 N–H and O–H groups in total. The highest BCUT2D eigenvalue weighted by Gasteiger charge is 2.33. The van der Waals surface area contributed by atoms with Crippen LogP contribution in [-0.2, 0) is 0 Å². The maximum absolute atomic E-state index is 5.89. The molecule has 1 saturated heterocycles. The summed E-state index contributed by atoms with van der Waals surface area (Å²) in [6.45, 7) is 8.04. The maximum atomic E-state index is 5.89. The van der Waals surface area contributed by atoms with Crippen molar-refractivity contribution < 1.29 is 0 Å². The monoisotopic (exact) mass is 151 g/mol. The van der Waals surface area contributed by atoms with E-state index in [-0.39, 0.29) is 0 Å². The standard InChI is InChI=1S/C9H18BN/c1-9(2,3)7-5-8(10)11(4)6-7/h7-8H,5-6H2,1-4H3.